The highest BCUT2D eigenvalue weighted by Gasteiger charge is 2.33. The first-order valence-electron chi connectivity index (χ1n) is 7.93. The topological polar surface area (TPSA) is 45.6 Å². The maximum atomic E-state index is 5.36. The molecule has 2 atom stereocenters. The van der Waals surface area contributed by atoms with E-state index in [1.165, 1.54) is 12.0 Å². The summed E-state index contributed by atoms with van der Waals surface area (Å²) in [5.41, 5.74) is 1.24. The summed E-state index contributed by atoms with van der Waals surface area (Å²) in [5.74, 6) is 4.95. The Morgan fingerprint density at radius 1 is 1.41 bits per heavy atom. The largest absolute Gasteiger partial charge is 0.481 e. The molecule has 1 aromatic rings. The standard InChI is InChI=1S/C18H25N3O/c1-4-12-22-16-8-6-15(7-9-16)10-11-20-18(19-5-2)21-17-13-14(17)3/h1,6-9,14,17H,5,10-13H2,2-3H3,(H2,19,20,21). The van der Waals surface area contributed by atoms with Crippen LogP contribution in [0.15, 0.2) is 29.3 Å². The number of hydrogen-bond donors (Lipinski definition) is 2. The zero-order valence-corrected chi connectivity index (χ0v) is 13.4. The molecule has 0 bridgehead atoms. The second kappa shape index (κ2) is 8.33. The average molecular weight is 299 g/mol. The number of rotatable bonds is 7. The van der Waals surface area contributed by atoms with Gasteiger partial charge in [-0.2, -0.15) is 0 Å². The zero-order valence-electron chi connectivity index (χ0n) is 13.4. The zero-order chi connectivity index (χ0) is 15.8. The lowest BCUT2D eigenvalue weighted by Crippen LogP contribution is -2.39. The van der Waals surface area contributed by atoms with Gasteiger partial charge in [0.2, 0.25) is 0 Å². The van der Waals surface area contributed by atoms with Crippen LogP contribution in [0.5, 0.6) is 5.75 Å². The first-order chi connectivity index (χ1) is 10.7. The second-order valence-electron chi connectivity index (χ2n) is 5.61. The molecule has 0 saturated heterocycles. The molecule has 2 N–H and O–H groups in total. The fraction of sp³-hybridized carbons (Fsp3) is 0.500. The maximum Gasteiger partial charge on any atom is 0.191 e. The lowest BCUT2D eigenvalue weighted by Gasteiger charge is -2.10. The first-order valence-corrected chi connectivity index (χ1v) is 7.93. The maximum absolute atomic E-state index is 5.36. The van der Waals surface area contributed by atoms with E-state index in [1.54, 1.807) is 0 Å². The molecular formula is C18H25N3O. The van der Waals surface area contributed by atoms with Crippen LogP contribution in [-0.4, -0.2) is 31.7 Å². The molecule has 0 heterocycles. The Hall–Kier alpha value is -2.15. The van der Waals surface area contributed by atoms with Crippen LogP contribution in [-0.2, 0) is 6.42 Å². The van der Waals surface area contributed by atoms with Crippen molar-refractivity contribution in [2.45, 2.75) is 32.7 Å². The van der Waals surface area contributed by atoms with Gasteiger partial charge >= 0.3 is 0 Å². The minimum atomic E-state index is 0.306. The van der Waals surface area contributed by atoms with Gasteiger partial charge in [-0.25, -0.2) is 0 Å². The van der Waals surface area contributed by atoms with Crippen molar-refractivity contribution in [1.82, 2.24) is 10.6 Å². The molecule has 1 aliphatic carbocycles. The molecule has 0 radical (unpaired) electrons. The Balaban J connectivity index is 1.79. The van der Waals surface area contributed by atoms with Crippen LogP contribution in [0.25, 0.3) is 0 Å². The van der Waals surface area contributed by atoms with Crippen molar-refractivity contribution in [2.24, 2.45) is 10.9 Å². The number of ether oxygens (including phenoxy) is 1. The number of aliphatic imine (C=N–C) groups is 1. The Morgan fingerprint density at radius 3 is 2.73 bits per heavy atom. The van der Waals surface area contributed by atoms with Crippen molar-refractivity contribution in [3.63, 3.8) is 0 Å². The number of guanidine groups is 1. The highest BCUT2D eigenvalue weighted by Crippen LogP contribution is 2.28. The van der Waals surface area contributed by atoms with E-state index in [4.69, 9.17) is 11.2 Å². The summed E-state index contributed by atoms with van der Waals surface area (Å²) in [5, 5.41) is 6.75. The van der Waals surface area contributed by atoms with E-state index in [-0.39, 0.29) is 0 Å². The van der Waals surface area contributed by atoms with Crippen molar-refractivity contribution in [1.29, 1.82) is 0 Å². The van der Waals surface area contributed by atoms with E-state index in [0.29, 0.717) is 12.6 Å². The molecule has 1 aliphatic rings. The van der Waals surface area contributed by atoms with Crippen LogP contribution in [0.4, 0.5) is 0 Å². The van der Waals surface area contributed by atoms with Gasteiger partial charge in [-0.05, 0) is 43.4 Å². The van der Waals surface area contributed by atoms with Gasteiger partial charge in [0.25, 0.3) is 0 Å². The minimum Gasteiger partial charge on any atom is -0.481 e. The van der Waals surface area contributed by atoms with E-state index in [0.717, 1.165) is 37.1 Å². The van der Waals surface area contributed by atoms with E-state index >= 15 is 0 Å². The van der Waals surface area contributed by atoms with E-state index in [2.05, 4.69) is 47.5 Å². The smallest absolute Gasteiger partial charge is 0.191 e. The Labute approximate surface area is 133 Å². The third-order valence-electron chi connectivity index (χ3n) is 3.69. The summed E-state index contributed by atoms with van der Waals surface area (Å²) in [7, 11) is 0. The molecule has 1 aromatic carbocycles. The number of terminal acetylenes is 1. The Kier molecular flexibility index (Phi) is 6.14. The quantitative estimate of drug-likeness (QED) is 0.461. The van der Waals surface area contributed by atoms with E-state index in [9.17, 15) is 0 Å². The molecule has 1 fully saturated rings. The predicted molar refractivity (Wildman–Crippen MR) is 91.2 cm³/mol. The summed E-state index contributed by atoms with van der Waals surface area (Å²) in [6, 6.07) is 8.61. The first kappa shape index (κ1) is 16.2. The average Bonchev–Trinajstić information content (AvgIpc) is 3.21. The van der Waals surface area contributed by atoms with Crippen LogP contribution < -0.4 is 15.4 Å². The molecule has 0 aliphatic heterocycles. The molecule has 118 valence electrons. The summed E-state index contributed by atoms with van der Waals surface area (Å²) in [6.45, 7) is 6.30. The SMILES string of the molecule is C#CCOc1ccc(CCN=C(NCC)NC2CC2C)cc1. The molecule has 0 amide bonds. The van der Waals surface area contributed by atoms with Gasteiger partial charge in [0, 0.05) is 19.1 Å². The van der Waals surface area contributed by atoms with E-state index < -0.39 is 0 Å². The molecular weight excluding hydrogens is 274 g/mol. The Bertz CT molecular complexity index is 530. The van der Waals surface area contributed by atoms with Gasteiger partial charge in [-0.15, -0.1) is 6.42 Å². The molecule has 1 saturated carbocycles. The molecule has 4 nitrogen and oxygen atoms in total. The van der Waals surface area contributed by atoms with Crippen LogP contribution in [0.3, 0.4) is 0 Å². The number of benzene rings is 1. The highest BCUT2D eigenvalue weighted by molar-refractivity contribution is 5.80. The van der Waals surface area contributed by atoms with Gasteiger partial charge in [-0.3, -0.25) is 4.99 Å². The molecule has 2 unspecified atom stereocenters. The summed E-state index contributed by atoms with van der Waals surface area (Å²) < 4.78 is 5.36. The highest BCUT2D eigenvalue weighted by atomic mass is 16.5. The van der Waals surface area contributed by atoms with Crippen molar-refractivity contribution >= 4 is 5.96 Å². The molecule has 2 rings (SSSR count). The normalized spacial score (nSPS) is 20.1. The summed E-state index contributed by atoms with van der Waals surface area (Å²) >= 11 is 0. The van der Waals surface area contributed by atoms with E-state index in [1.807, 2.05) is 12.1 Å². The monoisotopic (exact) mass is 299 g/mol. The minimum absolute atomic E-state index is 0.306. The van der Waals surface area contributed by atoms with Gasteiger partial charge in [0.1, 0.15) is 12.4 Å². The third kappa shape index (κ3) is 5.33. The lowest BCUT2D eigenvalue weighted by molar-refractivity contribution is 0.370. The fourth-order valence-electron chi connectivity index (χ4n) is 2.19. The van der Waals surface area contributed by atoms with Crippen LogP contribution >= 0.6 is 0 Å². The van der Waals surface area contributed by atoms with Crippen molar-refractivity contribution in [3.8, 4) is 18.1 Å². The Morgan fingerprint density at radius 2 is 2.14 bits per heavy atom. The van der Waals surface area contributed by atoms with Crippen molar-refractivity contribution in [3.05, 3.63) is 29.8 Å². The molecule has 22 heavy (non-hydrogen) atoms. The lowest BCUT2D eigenvalue weighted by atomic mass is 10.1. The van der Waals surface area contributed by atoms with Gasteiger partial charge < -0.3 is 15.4 Å². The fourth-order valence-corrected chi connectivity index (χ4v) is 2.19. The number of nitrogens with one attached hydrogen (secondary N) is 2. The van der Waals surface area contributed by atoms with Gasteiger partial charge in [0.05, 0.1) is 0 Å². The predicted octanol–water partition coefficient (Wildman–Crippen LogP) is 2.20. The number of nitrogens with zero attached hydrogens (tertiary/aromatic N) is 1. The van der Waals surface area contributed by atoms with Crippen molar-refractivity contribution < 1.29 is 4.74 Å². The van der Waals surface area contributed by atoms with Crippen molar-refractivity contribution in [2.75, 3.05) is 19.7 Å². The molecule has 4 heteroatoms. The molecule has 0 aromatic heterocycles. The van der Waals surface area contributed by atoms with Crippen LogP contribution in [0.2, 0.25) is 0 Å². The number of hydrogen-bond acceptors (Lipinski definition) is 2. The summed E-state index contributed by atoms with van der Waals surface area (Å²) in [6.07, 6.45) is 7.32. The second-order valence-corrected chi connectivity index (χ2v) is 5.61. The van der Waals surface area contributed by atoms with Crippen LogP contribution in [0, 0.1) is 18.3 Å². The summed E-state index contributed by atoms with van der Waals surface area (Å²) in [4.78, 5) is 4.63. The van der Waals surface area contributed by atoms with Gasteiger partial charge in [-0.1, -0.05) is 25.0 Å². The third-order valence-corrected chi connectivity index (χ3v) is 3.69. The van der Waals surface area contributed by atoms with Gasteiger partial charge in [0.15, 0.2) is 5.96 Å². The molecule has 0 spiro atoms. The van der Waals surface area contributed by atoms with Crippen LogP contribution in [0.1, 0.15) is 25.8 Å².